The van der Waals surface area contributed by atoms with Gasteiger partial charge in [-0.2, -0.15) is 0 Å². The third kappa shape index (κ3) is 5.61. The van der Waals surface area contributed by atoms with Gasteiger partial charge in [-0.05, 0) is 31.0 Å². The van der Waals surface area contributed by atoms with E-state index in [4.69, 9.17) is 9.26 Å². The summed E-state index contributed by atoms with van der Waals surface area (Å²) in [4.78, 5) is 4.60. The molecule has 0 aliphatic heterocycles. The summed E-state index contributed by atoms with van der Waals surface area (Å²) in [6.45, 7) is 4.08. The van der Waals surface area contributed by atoms with Crippen LogP contribution in [0.4, 0.5) is 0 Å². The zero-order valence-corrected chi connectivity index (χ0v) is 16.3. The number of rotatable bonds is 8. The van der Waals surface area contributed by atoms with E-state index < -0.39 is 0 Å². The van der Waals surface area contributed by atoms with Crippen molar-refractivity contribution in [2.24, 2.45) is 4.99 Å². The van der Waals surface area contributed by atoms with Crippen LogP contribution in [0.5, 0.6) is 5.75 Å². The predicted octanol–water partition coefficient (Wildman–Crippen LogP) is 3.65. The molecule has 0 bridgehead atoms. The Morgan fingerprint density at radius 3 is 2.57 bits per heavy atom. The molecular formula is C22H26N4O2. The number of hydrogen-bond acceptors (Lipinski definition) is 4. The first-order valence-electron chi connectivity index (χ1n) is 9.44. The number of ether oxygens (including phenoxy) is 1. The van der Waals surface area contributed by atoms with Gasteiger partial charge in [-0.25, -0.2) is 4.99 Å². The summed E-state index contributed by atoms with van der Waals surface area (Å²) in [6.07, 6.45) is 0.899. The average molecular weight is 378 g/mol. The van der Waals surface area contributed by atoms with E-state index in [9.17, 15) is 0 Å². The Labute approximate surface area is 165 Å². The molecule has 28 heavy (non-hydrogen) atoms. The maximum absolute atomic E-state index is 5.43. The van der Waals surface area contributed by atoms with Crippen LogP contribution in [0, 0.1) is 0 Å². The second-order valence-corrected chi connectivity index (χ2v) is 6.27. The van der Waals surface area contributed by atoms with Crippen molar-refractivity contribution in [3.63, 3.8) is 0 Å². The van der Waals surface area contributed by atoms with Crippen LogP contribution in [0.3, 0.4) is 0 Å². The van der Waals surface area contributed by atoms with Crippen LogP contribution in [0.2, 0.25) is 0 Å². The van der Waals surface area contributed by atoms with Gasteiger partial charge in [0.05, 0.1) is 13.7 Å². The van der Waals surface area contributed by atoms with Gasteiger partial charge in [0, 0.05) is 24.7 Å². The number of aromatic nitrogens is 1. The van der Waals surface area contributed by atoms with Crippen molar-refractivity contribution in [2.45, 2.75) is 19.9 Å². The van der Waals surface area contributed by atoms with Crippen LogP contribution in [0.1, 0.15) is 18.2 Å². The number of guanidine groups is 1. The van der Waals surface area contributed by atoms with E-state index in [0.29, 0.717) is 6.54 Å². The Kier molecular flexibility index (Phi) is 7.07. The summed E-state index contributed by atoms with van der Waals surface area (Å²) in [7, 11) is 1.67. The molecule has 3 aromatic rings. The molecule has 0 amide bonds. The molecule has 0 spiro atoms. The highest BCUT2D eigenvalue weighted by atomic mass is 16.5. The van der Waals surface area contributed by atoms with Gasteiger partial charge in [0.25, 0.3) is 0 Å². The fraction of sp³-hybridized carbons (Fsp3) is 0.273. The van der Waals surface area contributed by atoms with Crippen molar-refractivity contribution < 1.29 is 9.26 Å². The van der Waals surface area contributed by atoms with Crippen LogP contribution in [0.25, 0.3) is 11.3 Å². The topological polar surface area (TPSA) is 71.7 Å². The SMILES string of the molecule is CCNC(=NCc1cc(-c2ccccc2)on1)NCCc1ccc(OC)cc1. The molecule has 6 nitrogen and oxygen atoms in total. The van der Waals surface area contributed by atoms with E-state index in [1.807, 2.05) is 55.5 Å². The standard InChI is InChI=1S/C22H26N4O2/c1-3-23-22(24-14-13-17-9-11-20(27-2)12-10-17)25-16-19-15-21(28-26-19)18-7-5-4-6-8-18/h4-12,15H,3,13-14,16H2,1-2H3,(H2,23,24,25). The first kappa shape index (κ1) is 19.5. The Hall–Kier alpha value is -3.28. The Balaban J connectivity index is 1.54. The molecule has 2 N–H and O–H groups in total. The van der Waals surface area contributed by atoms with Gasteiger partial charge in [-0.1, -0.05) is 47.6 Å². The van der Waals surface area contributed by atoms with Crippen LogP contribution in [-0.4, -0.2) is 31.3 Å². The lowest BCUT2D eigenvalue weighted by atomic mass is 10.1. The van der Waals surface area contributed by atoms with Gasteiger partial charge < -0.3 is 19.9 Å². The largest absolute Gasteiger partial charge is 0.497 e. The Morgan fingerprint density at radius 2 is 1.86 bits per heavy atom. The maximum atomic E-state index is 5.43. The van der Waals surface area contributed by atoms with Crippen molar-refractivity contribution in [1.29, 1.82) is 0 Å². The summed E-state index contributed by atoms with van der Waals surface area (Å²) < 4.78 is 10.6. The van der Waals surface area contributed by atoms with Crippen molar-refractivity contribution in [2.75, 3.05) is 20.2 Å². The van der Waals surface area contributed by atoms with E-state index in [1.165, 1.54) is 5.56 Å². The molecule has 0 aliphatic rings. The smallest absolute Gasteiger partial charge is 0.191 e. The van der Waals surface area contributed by atoms with E-state index in [1.54, 1.807) is 7.11 Å². The van der Waals surface area contributed by atoms with Gasteiger partial charge in [-0.15, -0.1) is 0 Å². The quantitative estimate of drug-likeness (QED) is 0.462. The summed E-state index contributed by atoms with van der Waals surface area (Å²) in [5, 5.41) is 10.7. The van der Waals surface area contributed by atoms with Gasteiger partial charge >= 0.3 is 0 Å². The van der Waals surface area contributed by atoms with Gasteiger partial charge in [0.2, 0.25) is 0 Å². The summed E-state index contributed by atoms with van der Waals surface area (Å²) in [6, 6.07) is 20.0. The van der Waals surface area contributed by atoms with E-state index >= 15 is 0 Å². The molecule has 1 aromatic heterocycles. The Morgan fingerprint density at radius 1 is 1.07 bits per heavy atom. The van der Waals surface area contributed by atoms with Crippen LogP contribution in [-0.2, 0) is 13.0 Å². The molecule has 0 radical (unpaired) electrons. The summed E-state index contributed by atoms with van der Waals surface area (Å²) >= 11 is 0. The molecule has 2 aromatic carbocycles. The molecule has 146 valence electrons. The minimum atomic E-state index is 0.453. The number of aliphatic imine (C=N–C) groups is 1. The van der Waals surface area contributed by atoms with Crippen molar-refractivity contribution in [1.82, 2.24) is 15.8 Å². The molecule has 0 saturated heterocycles. The molecule has 0 aliphatic carbocycles. The molecule has 0 saturated carbocycles. The zero-order valence-electron chi connectivity index (χ0n) is 16.3. The summed E-state index contributed by atoms with van der Waals surface area (Å²) in [5.74, 6) is 2.39. The third-order valence-corrected chi connectivity index (χ3v) is 4.23. The normalized spacial score (nSPS) is 11.3. The average Bonchev–Trinajstić information content (AvgIpc) is 3.22. The molecule has 3 rings (SSSR count). The van der Waals surface area contributed by atoms with E-state index in [-0.39, 0.29) is 0 Å². The van der Waals surface area contributed by atoms with Crippen LogP contribution < -0.4 is 15.4 Å². The second-order valence-electron chi connectivity index (χ2n) is 6.27. The monoisotopic (exact) mass is 378 g/mol. The number of nitrogens with one attached hydrogen (secondary N) is 2. The fourth-order valence-electron chi connectivity index (χ4n) is 2.74. The van der Waals surface area contributed by atoms with Crippen LogP contribution >= 0.6 is 0 Å². The second kappa shape index (κ2) is 10.2. The van der Waals surface area contributed by atoms with E-state index in [2.05, 4.69) is 32.9 Å². The third-order valence-electron chi connectivity index (χ3n) is 4.23. The minimum absolute atomic E-state index is 0.453. The first-order chi connectivity index (χ1) is 13.8. The fourth-order valence-corrected chi connectivity index (χ4v) is 2.74. The van der Waals surface area contributed by atoms with Gasteiger partial charge in [0.15, 0.2) is 11.7 Å². The predicted molar refractivity (Wildman–Crippen MR) is 111 cm³/mol. The highest BCUT2D eigenvalue weighted by Gasteiger charge is 2.06. The van der Waals surface area contributed by atoms with Crippen molar-refractivity contribution in [3.8, 4) is 17.1 Å². The summed E-state index contributed by atoms with van der Waals surface area (Å²) in [5.41, 5.74) is 3.05. The molecule has 0 atom stereocenters. The molecule has 0 unspecified atom stereocenters. The highest BCUT2D eigenvalue weighted by Crippen LogP contribution is 2.19. The molecular weight excluding hydrogens is 352 g/mol. The van der Waals surface area contributed by atoms with Crippen molar-refractivity contribution in [3.05, 3.63) is 71.9 Å². The number of methoxy groups -OCH3 is 1. The van der Waals surface area contributed by atoms with Crippen LogP contribution in [0.15, 0.2) is 70.2 Å². The molecule has 0 fully saturated rings. The lowest BCUT2D eigenvalue weighted by molar-refractivity contribution is 0.414. The van der Waals surface area contributed by atoms with Gasteiger partial charge in [0.1, 0.15) is 11.4 Å². The van der Waals surface area contributed by atoms with E-state index in [0.717, 1.165) is 48.2 Å². The molecule has 6 heteroatoms. The lowest BCUT2D eigenvalue weighted by Gasteiger charge is -2.11. The molecule has 1 heterocycles. The number of hydrogen-bond donors (Lipinski definition) is 2. The number of benzene rings is 2. The lowest BCUT2D eigenvalue weighted by Crippen LogP contribution is -2.38. The number of nitrogens with zero attached hydrogens (tertiary/aromatic N) is 2. The first-order valence-corrected chi connectivity index (χ1v) is 9.44. The zero-order chi connectivity index (χ0) is 19.6. The Bertz CT molecular complexity index is 873. The van der Waals surface area contributed by atoms with Crippen molar-refractivity contribution >= 4 is 5.96 Å². The minimum Gasteiger partial charge on any atom is -0.497 e. The highest BCUT2D eigenvalue weighted by molar-refractivity contribution is 5.79. The van der Waals surface area contributed by atoms with Gasteiger partial charge in [-0.3, -0.25) is 0 Å². The maximum Gasteiger partial charge on any atom is 0.191 e.